The lowest BCUT2D eigenvalue weighted by Crippen LogP contribution is -2.17. The van der Waals surface area contributed by atoms with Crippen LogP contribution in [-0.4, -0.2) is 26.0 Å². The second-order valence-corrected chi connectivity index (χ2v) is 7.15. The summed E-state index contributed by atoms with van der Waals surface area (Å²) in [6.07, 6.45) is 0. The van der Waals surface area contributed by atoms with E-state index < -0.39 is 32.3 Å². The van der Waals surface area contributed by atoms with Gasteiger partial charge < -0.3 is 11.1 Å². The third-order valence-electron chi connectivity index (χ3n) is 2.84. The zero-order valence-electron chi connectivity index (χ0n) is 11.3. The molecule has 23 heavy (non-hydrogen) atoms. The van der Waals surface area contributed by atoms with Crippen LogP contribution in [0.4, 0.5) is 13.8 Å². The van der Waals surface area contributed by atoms with Gasteiger partial charge in [-0.2, -0.15) is 8.78 Å². The number of nitrogens with one attached hydrogen (secondary N) is 1. The highest BCUT2D eigenvalue weighted by Gasteiger charge is 2.26. The molecule has 0 saturated carbocycles. The lowest BCUT2D eigenvalue weighted by Gasteiger charge is -2.06. The Balaban J connectivity index is 2.21. The van der Waals surface area contributed by atoms with Gasteiger partial charge >= 0.3 is 5.76 Å². The summed E-state index contributed by atoms with van der Waals surface area (Å²) >= 11 is 1.08. The van der Waals surface area contributed by atoms with E-state index in [2.05, 4.69) is 5.32 Å². The number of hydrogen-bond acceptors (Lipinski definition) is 5. The molecule has 122 valence electrons. The number of nitrogens with two attached hydrogens (primary N) is 1. The number of halogens is 2. The zero-order chi connectivity index (χ0) is 17.2. The highest BCUT2D eigenvalue weighted by Crippen LogP contribution is 2.24. The van der Waals surface area contributed by atoms with Gasteiger partial charge in [-0.1, -0.05) is 0 Å². The van der Waals surface area contributed by atoms with Crippen LogP contribution in [0, 0.1) is 0 Å². The van der Waals surface area contributed by atoms with Crippen molar-refractivity contribution in [2.75, 3.05) is 5.32 Å². The maximum Gasteiger partial charge on any atom is 0.341 e. The van der Waals surface area contributed by atoms with Crippen LogP contribution >= 0.6 is 11.3 Å². The van der Waals surface area contributed by atoms with Gasteiger partial charge in [0.1, 0.15) is 5.00 Å². The first-order valence-electron chi connectivity index (χ1n) is 6.04. The second kappa shape index (κ2) is 6.42. The summed E-state index contributed by atoms with van der Waals surface area (Å²) in [6.45, 7) is 0. The number of alkyl halides is 2. The molecule has 0 unspecified atom stereocenters. The molecule has 0 bridgehead atoms. The van der Waals surface area contributed by atoms with Crippen LogP contribution in [0.25, 0.3) is 0 Å². The van der Waals surface area contributed by atoms with E-state index >= 15 is 0 Å². The first kappa shape index (κ1) is 17.0. The van der Waals surface area contributed by atoms with E-state index in [1.807, 2.05) is 0 Å². The van der Waals surface area contributed by atoms with Gasteiger partial charge in [-0.15, -0.1) is 11.3 Å². The number of sulfone groups is 1. The second-order valence-electron chi connectivity index (χ2n) is 4.31. The van der Waals surface area contributed by atoms with Crippen LogP contribution in [0.2, 0.25) is 0 Å². The molecule has 0 radical (unpaired) electrons. The van der Waals surface area contributed by atoms with Crippen molar-refractivity contribution < 1.29 is 26.8 Å². The van der Waals surface area contributed by atoms with E-state index in [4.69, 9.17) is 5.73 Å². The number of hydrogen-bond donors (Lipinski definition) is 2. The van der Waals surface area contributed by atoms with Crippen LogP contribution in [-0.2, 0) is 9.84 Å². The molecule has 1 aromatic heterocycles. The molecule has 10 heteroatoms. The van der Waals surface area contributed by atoms with Crippen molar-refractivity contribution in [1.82, 2.24) is 0 Å². The Morgan fingerprint density at radius 3 is 2.26 bits per heavy atom. The largest absolute Gasteiger partial charge is 0.366 e. The van der Waals surface area contributed by atoms with E-state index in [-0.39, 0.29) is 16.1 Å². The Morgan fingerprint density at radius 2 is 1.74 bits per heavy atom. The van der Waals surface area contributed by atoms with E-state index in [0.717, 1.165) is 35.6 Å². The summed E-state index contributed by atoms with van der Waals surface area (Å²) in [5, 5.41) is 4.26. The van der Waals surface area contributed by atoms with Crippen molar-refractivity contribution in [3.05, 3.63) is 46.8 Å². The molecule has 2 rings (SSSR count). The Kier molecular flexibility index (Phi) is 4.76. The van der Waals surface area contributed by atoms with Gasteiger partial charge in [0.25, 0.3) is 11.8 Å². The van der Waals surface area contributed by atoms with Gasteiger partial charge in [0, 0.05) is 5.56 Å². The lowest BCUT2D eigenvalue weighted by molar-refractivity contribution is 0.100. The van der Waals surface area contributed by atoms with Crippen LogP contribution in [0.3, 0.4) is 0 Å². The molecule has 0 saturated heterocycles. The van der Waals surface area contributed by atoms with Crippen LogP contribution in [0.1, 0.15) is 20.7 Å². The molecule has 2 amide bonds. The fraction of sp³-hybridized carbons (Fsp3) is 0.0769. The minimum absolute atomic E-state index is 0.0436. The average Bonchev–Trinajstić information content (AvgIpc) is 2.95. The molecule has 0 fully saturated rings. The normalized spacial score (nSPS) is 11.4. The van der Waals surface area contributed by atoms with Crippen molar-refractivity contribution in [2.45, 2.75) is 10.7 Å². The summed E-state index contributed by atoms with van der Waals surface area (Å²) in [5.41, 5.74) is 5.33. The summed E-state index contributed by atoms with van der Waals surface area (Å²) in [7, 11) is -4.71. The first-order valence-corrected chi connectivity index (χ1v) is 8.47. The van der Waals surface area contributed by atoms with E-state index in [1.54, 1.807) is 5.38 Å². The van der Waals surface area contributed by atoms with Gasteiger partial charge in [0.05, 0.1) is 10.5 Å². The summed E-state index contributed by atoms with van der Waals surface area (Å²) in [5.74, 6) is -4.87. The topological polar surface area (TPSA) is 106 Å². The summed E-state index contributed by atoms with van der Waals surface area (Å²) in [6, 6.07) is 5.48. The number of carbonyl (C=O) groups is 2. The molecule has 1 heterocycles. The smallest absolute Gasteiger partial charge is 0.341 e. The number of benzene rings is 1. The third kappa shape index (κ3) is 3.54. The molecule has 0 aliphatic carbocycles. The molecular formula is C13H10F2N2O4S2. The Morgan fingerprint density at radius 1 is 1.13 bits per heavy atom. The Labute approximate surface area is 133 Å². The van der Waals surface area contributed by atoms with E-state index in [1.165, 1.54) is 6.07 Å². The van der Waals surface area contributed by atoms with Crippen molar-refractivity contribution >= 4 is 38.0 Å². The quantitative estimate of drug-likeness (QED) is 0.851. The lowest BCUT2D eigenvalue weighted by atomic mass is 10.2. The molecule has 1 aromatic carbocycles. The predicted octanol–water partition coefficient (Wildman–Crippen LogP) is 2.10. The number of anilines is 1. The molecule has 0 aliphatic heterocycles. The van der Waals surface area contributed by atoms with Crippen molar-refractivity contribution in [3.63, 3.8) is 0 Å². The SMILES string of the molecule is NC(=O)c1ccsc1NC(=O)c1ccc(S(=O)(=O)C(F)F)cc1. The molecule has 0 spiro atoms. The zero-order valence-corrected chi connectivity index (χ0v) is 13.0. The average molecular weight is 360 g/mol. The van der Waals surface area contributed by atoms with Crippen molar-refractivity contribution in [3.8, 4) is 0 Å². The van der Waals surface area contributed by atoms with Crippen LogP contribution in [0.15, 0.2) is 40.6 Å². The third-order valence-corrected chi connectivity index (χ3v) is 5.07. The minimum atomic E-state index is -4.71. The molecule has 0 atom stereocenters. The van der Waals surface area contributed by atoms with Gasteiger partial charge in [0.15, 0.2) is 0 Å². The number of primary amides is 1. The fourth-order valence-electron chi connectivity index (χ4n) is 1.67. The van der Waals surface area contributed by atoms with Gasteiger partial charge in [-0.05, 0) is 35.7 Å². The Hall–Kier alpha value is -2.33. The fourth-order valence-corrected chi connectivity index (χ4v) is 3.18. The summed E-state index contributed by atoms with van der Waals surface area (Å²) < 4.78 is 47.4. The van der Waals surface area contributed by atoms with Crippen LogP contribution in [0.5, 0.6) is 0 Å². The number of thiophene rings is 1. The number of rotatable bonds is 5. The van der Waals surface area contributed by atoms with Crippen LogP contribution < -0.4 is 11.1 Å². The van der Waals surface area contributed by atoms with Gasteiger partial charge in [-0.25, -0.2) is 8.42 Å². The standard InChI is InChI=1S/C13H10F2N2O4S2/c14-13(15)23(20,21)8-3-1-7(2-4-8)11(19)17-12-9(10(16)18)5-6-22-12/h1-6,13H,(H2,16,18)(H,17,19). The first-order chi connectivity index (χ1) is 10.7. The predicted molar refractivity (Wildman–Crippen MR) is 80.4 cm³/mol. The van der Waals surface area contributed by atoms with Crippen molar-refractivity contribution in [2.24, 2.45) is 5.73 Å². The Bertz CT molecular complexity index is 845. The maximum atomic E-state index is 12.4. The molecule has 3 N–H and O–H groups in total. The number of amides is 2. The highest BCUT2D eigenvalue weighted by molar-refractivity contribution is 7.91. The molecule has 2 aromatic rings. The number of carbonyl (C=O) groups excluding carboxylic acids is 2. The van der Waals surface area contributed by atoms with Gasteiger partial charge in [0.2, 0.25) is 9.84 Å². The highest BCUT2D eigenvalue weighted by atomic mass is 32.2. The van der Waals surface area contributed by atoms with E-state index in [0.29, 0.717) is 0 Å². The molecular weight excluding hydrogens is 350 g/mol. The van der Waals surface area contributed by atoms with E-state index in [9.17, 15) is 26.8 Å². The summed E-state index contributed by atoms with van der Waals surface area (Å²) in [4.78, 5) is 22.6. The molecule has 0 aliphatic rings. The molecule has 6 nitrogen and oxygen atoms in total. The monoisotopic (exact) mass is 360 g/mol. The van der Waals surface area contributed by atoms with Gasteiger partial charge in [-0.3, -0.25) is 9.59 Å². The van der Waals surface area contributed by atoms with Crippen molar-refractivity contribution in [1.29, 1.82) is 0 Å². The minimum Gasteiger partial charge on any atom is -0.366 e. The maximum absolute atomic E-state index is 12.4.